The molecular formula is C16H19NO3. The second-order valence-corrected chi connectivity index (χ2v) is 5.10. The summed E-state index contributed by atoms with van der Waals surface area (Å²) in [6.07, 6.45) is 4.74. The summed E-state index contributed by atoms with van der Waals surface area (Å²) in [5.74, 6) is 0.177. The highest BCUT2D eigenvalue weighted by atomic mass is 16.6. The molecule has 1 saturated carbocycles. The van der Waals surface area contributed by atoms with Crippen LogP contribution in [0.1, 0.15) is 44.6 Å². The molecule has 0 heterocycles. The van der Waals surface area contributed by atoms with E-state index in [0.717, 1.165) is 25.7 Å². The fourth-order valence-electron chi connectivity index (χ4n) is 2.33. The lowest BCUT2D eigenvalue weighted by molar-refractivity contribution is -0.158. The van der Waals surface area contributed by atoms with Crippen molar-refractivity contribution >= 4 is 5.97 Å². The van der Waals surface area contributed by atoms with Crippen molar-refractivity contribution in [2.75, 3.05) is 0 Å². The second kappa shape index (κ2) is 6.95. The molecule has 0 amide bonds. The number of ether oxygens (including phenoxy) is 2. The first-order valence-electron chi connectivity index (χ1n) is 7.06. The molecule has 1 aliphatic carbocycles. The Bertz CT molecular complexity index is 501. The van der Waals surface area contributed by atoms with E-state index in [1.807, 2.05) is 6.07 Å². The van der Waals surface area contributed by atoms with Crippen LogP contribution in [0.25, 0.3) is 0 Å². The summed E-state index contributed by atoms with van der Waals surface area (Å²) in [6, 6.07) is 8.80. The Morgan fingerprint density at radius 2 is 2.10 bits per heavy atom. The Morgan fingerprint density at radius 1 is 1.35 bits per heavy atom. The minimum Gasteiger partial charge on any atom is -0.479 e. The predicted octanol–water partition coefficient (Wildman–Crippen LogP) is 3.20. The van der Waals surface area contributed by atoms with Crippen LogP contribution in [-0.4, -0.2) is 18.2 Å². The number of rotatable bonds is 4. The average molecular weight is 273 g/mol. The highest BCUT2D eigenvalue weighted by molar-refractivity contribution is 5.74. The third-order valence-electron chi connectivity index (χ3n) is 3.44. The molecule has 0 saturated heterocycles. The number of esters is 1. The van der Waals surface area contributed by atoms with Gasteiger partial charge in [-0.3, -0.25) is 0 Å². The lowest BCUT2D eigenvalue weighted by Gasteiger charge is -2.23. The smallest absolute Gasteiger partial charge is 0.347 e. The third kappa shape index (κ3) is 3.99. The molecule has 1 atom stereocenters. The van der Waals surface area contributed by atoms with Crippen LogP contribution >= 0.6 is 0 Å². The lowest BCUT2D eigenvalue weighted by atomic mass is 9.98. The van der Waals surface area contributed by atoms with Gasteiger partial charge in [0.25, 0.3) is 0 Å². The highest BCUT2D eigenvalue weighted by Gasteiger charge is 2.22. The van der Waals surface area contributed by atoms with Gasteiger partial charge in [-0.2, -0.15) is 5.26 Å². The third-order valence-corrected chi connectivity index (χ3v) is 3.44. The van der Waals surface area contributed by atoms with Crippen molar-refractivity contribution in [3.63, 3.8) is 0 Å². The topological polar surface area (TPSA) is 59.3 Å². The van der Waals surface area contributed by atoms with Gasteiger partial charge in [-0.1, -0.05) is 12.5 Å². The lowest BCUT2D eigenvalue weighted by Crippen LogP contribution is -2.31. The Balaban J connectivity index is 1.88. The molecule has 0 aliphatic heterocycles. The summed E-state index contributed by atoms with van der Waals surface area (Å²) in [4.78, 5) is 12.0. The van der Waals surface area contributed by atoms with E-state index in [1.165, 1.54) is 6.42 Å². The molecule has 1 aromatic carbocycles. The first-order chi connectivity index (χ1) is 9.69. The summed E-state index contributed by atoms with van der Waals surface area (Å²) in [5, 5.41) is 8.82. The van der Waals surface area contributed by atoms with Gasteiger partial charge in [0.05, 0.1) is 11.6 Å². The summed E-state index contributed by atoms with van der Waals surface area (Å²) in [7, 11) is 0. The summed E-state index contributed by atoms with van der Waals surface area (Å²) >= 11 is 0. The molecule has 20 heavy (non-hydrogen) atoms. The fraction of sp³-hybridized carbons (Fsp3) is 0.500. The molecule has 0 spiro atoms. The number of carbonyl (C=O) groups is 1. The summed E-state index contributed by atoms with van der Waals surface area (Å²) < 4.78 is 11.0. The van der Waals surface area contributed by atoms with Crippen LogP contribution in [0.5, 0.6) is 5.75 Å². The molecule has 1 aliphatic rings. The average Bonchev–Trinajstić information content (AvgIpc) is 2.48. The number of nitriles is 1. The number of hydrogen-bond acceptors (Lipinski definition) is 4. The molecule has 2 rings (SSSR count). The Kier molecular flexibility index (Phi) is 5.00. The standard InChI is InChI=1S/C16H19NO3/c1-12(16(18)20-14-7-3-2-4-8-14)19-15-9-5-6-13(10-15)11-17/h5-6,9-10,12,14H,2-4,7-8H2,1H3. The Labute approximate surface area is 119 Å². The van der Waals surface area contributed by atoms with E-state index in [0.29, 0.717) is 11.3 Å². The van der Waals surface area contributed by atoms with Crippen LogP contribution in [0.15, 0.2) is 24.3 Å². The maximum atomic E-state index is 12.0. The molecule has 4 heteroatoms. The molecule has 0 aromatic heterocycles. The van der Waals surface area contributed by atoms with E-state index in [2.05, 4.69) is 0 Å². The Morgan fingerprint density at radius 3 is 2.80 bits per heavy atom. The normalized spacial score (nSPS) is 17.0. The van der Waals surface area contributed by atoms with Crippen LogP contribution in [0.4, 0.5) is 0 Å². The van der Waals surface area contributed by atoms with Crippen molar-refractivity contribution in [1.82, 2.24) is 0 Å². The van der Waals surface area contributed by atoms with Crippen LogP contribution in [0.2, 0.25) is 0 Å². The van der Waals surface area contributed by atoms with E-state index < -0.39 is 6.10 Å². The number of nitrogens with zero attached hydrogens (tertiary/aromatic N) is 1. The highest BCUT2D eigenvalue weighted by Crippen LogP contribution is 2.21. The van der Waals surface area contributed by atoms with Crippen LogP contribution in [-0.2, 0) is 9.53 Å². The van der Waals surface area contributed by atoms with Crippen molar-refractivity contribution in [2.45, 2.75) is 51.2 Å². The first kappa shape index (κ1) is 14.4. The molecule has 0 radical (unpaired) electrons. The van der Waals surface area contributed by atoms with Gasteiger partial charge in [-0.15, -0.1) is 0 Å². The number of carbonyl (C=O) groups excluding carboxylic acids is 1. The minimum absolute atomic E-state index is 0.0349. The van der Waals surface area contributed by atoms with E-state index >= 15 is 0 Å². The number of benzene rings is 1. The van der Waals surface area contributed by atoms with E-state index in [9.17, 15) is 4.79 Å². The zero-order valence-electron chi connectivity index (χ0n) is 11.7. The van der Waals surface area contributed by atoms with E-state index in [4.69, 9.17) is 14.7 Å². The van der Waals surface area contributed by atoms with Gasteiger partial charge < -0.3 is 9.47 Å². The molecule has 106 valence electrons. The Hall–Kier alpha value is -2.02. The van der Waals surface area contributed by atoms with Gasteiger partial charge >= 0.3 is 5.97 Å². The van der Waals surface area contributed by atoms with Crippen molar-refractivity contribution < 1.29 is 14.3 Å². The zero-order valence-corrected chi connectivity index (χ0v) is 11.7. The van der Waals surface area contributed by atoms with Crippen LogP contribution in [0.3, 0.4) is 0 Å². The van der Waals surface area contributed by atoms with Crippen molar-refractivity contribution in [2.24, 2.45) is 0 Å². The van der Waals surface area contributed by atoms with Crippen molar-refractivity contribution in [1.29, 1.82) is 5.26 Å². The quantitative estimate of drug-likeness (QED) is 0.790. The molecule has 0 bridgehead atoms. The first-order valence-corrected chi connectivity index (χ1v) is 7.06. The molecule has 1 aromatic rings. The van der Waals surface area contributed by atoms with E-state index in [-0.39, 0.29) is 12.1 Å². The minimum atomic E-state index is -0.661. The summed E-state index contributed by atoms with van der Waals surface area (Å²) in [6.45, 7) is 1.67. The van der Waals surface area contributed by atoms with Gasteiger partial charge in [-0.25, -0.2) is 4.79 Å². The SMILES string of the molecule is CC(Oc1cccc(C#N)c1)C(=O)OC1CCCCC1. The van der Waals surface area contributed by atoms with Gasteiger partial charge in [-0.05, 0) is 50.8 Å². The molecule has 1 unspecified atom stereocenters. The second-order valence-electron chi connectivity index (χ2n) is 5.10. The predicted molar refractivity (Wildman–Crippen MR) is 74.2 cm³/mol. The zero-order chi connectivity index (χ0) is 14.4. The van der Waals surface area contributed by atoms with Gasteiger partial charge in [0.1, 0.15) is 11.9 Å². The van der Waals surface area contributed by atoms with Crippen LogP contribution < -0.4 is 4.74 Å². The maximum absolute atomic E-state index is 12.0. The summed E-state index contributed by atoms with van der Waals surface area (Å²) in [5.41, 5.74) is 0.510. The molecule has 0 N–H and O–H groups in total. The fourth-order valence-corrected chi connectivity index (χ4v) is 2.33. The van der Waals surface area contributed by atoms with E-state index in [1.54, 1.807) is 31.2 Å². The van der Waals surface area contributed by atoms with Crippen LogP contribution in [0, 0.1) is 11.3 Å². The molecular weight excluding hydrogens is 254 g/mol. The van der Waals surface area contributed by atoms with Gasteiger partial charge in [0, 0.05) is 0 Å². The largest absolute Gasteiger partial charge is 0.479 e. The molecule has 4 nitrogen and oxygen atoms in total. The van der Waals surface area contributed by atoms with Crippen molar-refractivity contribution in [3.8, 4) is 11.8 Å². The van der Waals surface area contributed by atoms with Crippen molar-refractivity contribution in [3.05, 3.63) is 29.8 Å². The molecule has 1 fully saturated rings. The van der Waals surface area contributed by atoms with Gasteiger partial charge in [0.15, 0.2) is 6.10 Å². The number of hydrogen-bond donors (Lipinski definition) is 0. The monoisotopic (exact) mass is 273 g/mol. The van der Waals surface area contributed by atoms with Gasteiger partial charge in [0.2, 0.25) is 0 Å². The maximum Gasteiger partial charge on any atom is 0.347 e.